The van der Waals surface area contributed by atoms with Gasteiger partial charge in [0.25, 0.3) is 0 Å². The fourth-order valence-electron chi connectivity index (χ4n) is 1.51. The molecule has 1 aromatic heterocycles. The predicted molar refractivity (Wildman–Crippen MR) is 76.4 cm³/mol. The Morgan fingerprint density at radius 1 is 1.37 bits per heavy atom. The van der Waals surface area contributed by atoms with Crippen molar-refractivity contribution >= 4 is 17.7 Å². The third kappa shape index (κ3) is 5.50. The molecule has 1 rings (SSSR count). The topological polar surface area (TPSA) is 79.8 Å². The Labute approximate surface area is 117 Å². The van der Waals surface area contributed by atoms with Crippen LogP contribution in [0, 0.1) is 0 Å². The summed E-state index contributed by atoms with van der Waals surface area (Å²) in [6.45, 7) is 5.50. The summed E-state index contributed by atoms with van der Waals surface area (Å²) in [7, 11) is 0. The summed E-state index contributed by atoms with van der Waals surface area (Å²) in [5.41, 5.74) is -0.206. The molecule has 0 aliphatic heterocycles. The van der Waals surface area contributed by atoms with Crippen LogP contribution >= 0.6 is 11.8 Å². The van der Waals surface area contributed by atoms with Crippen molar-refractivity contribution in [2.45, 2.75) is 51.2 Å². The highest BCUT2D eigenvalue weighted by molar-refractivity contribution is 7.99. The summed E-state index contributed by atoms with van der Waals surface area (Å²) in [5, 5.41) is 9.80. The first-order chi connectivity index (χ1) is 9.19. The maximum Gasteiger partial charge on any atom is 0.343 e. The maximum atomic E-state index is 11.6. The number of aromatic nitrogens is 3. The van der Waals surface area contributed by atoms with E-state index < -0.39 is 0 Å². The van der Waals surface area contributed by atoms with Gasteiger partial charge in [0.05, 0.1) is 5.75 Å². The number of hydrogen-bond donors (Lipinski definition) is 2. The minimum atomic E-state index is -0.206. The number of H-pyrrole nitrogens is 1. The van der Waals surface area contributed by atoms with Crippen LogP contribution in [0.5, 0.6) is 0 Å². The Morgan fingerprint density at radius 3 is 2.79 bits per heavy atom. The second kappa shape index (κ2) is 8.79. The quantitative estimate of drug-likeness (QED) is 0.531. The summed E-state index contributed by atoms with van der Waals surface area (Å²) >= 11 is 1.29. The van der Waals surface area contributed by atoms with E-state index in [-0.39, 0.29) is 11.6 Å². The second-order valence-corrected chi connectivity index (χ2v) is 5.25. The minimum absolute atomic E-state index is 0.0176. The molecule has 7 heteroatoms. The summed E-state index contributed by atoms with van der Waals surface area (Å²) in [4.78, 5) is 23.1. The van der Waals surface area contributed by atoms with Crippen molar-refractivity contribution in [1.29, 1.82) is 0 Å². The van der Waals surface area contributed by atoms with E-state index in [9.17, 15) is 9.59 Å². The molecule has 0 aromatic carbocycles. The number of rotatable bonds is 9. The normalized spacial score (nSPS) is 10.6. The number of thioether (sulfide) groups is 1. The second-order valence-electron chi connectivity index (χ2n) is 4.31. The Kier molecular flexibility index (Phi) is 7.32. The zero-order valence-electron chi connectivity index (χ0n) is 11.6. The van der Waals surface area contributed by atoms with Crippen LogP contribution in [-0.4, -0.2) is 33.0 Å². The van der Waals surface area contributed by atoms with Crippen molar-refractivity contribution < 1.29 is 4.79 Å². The van der Waals surface area contributed by atoms with Crippen LogP contribution < -0.4 is 11.0 Å². The average Bonchev–Trinajstić information content (AvgIpc) is 2.75. The number of carbonyl (C=O) groups is 1. The van der Waals surface area contributed by atoms with E-state index in [4.69, 9.17) is 0 Å². The minimum Gasteiger partial charge on any atom is -0.355 e. The van der Waals surface area contributed by atoms with E-state index >= 15 is 0 Å². The van der Waals surface area contributed by atoms with E-state index in [0.717, 1.165) is 25.7 Å². The molecular formula is C12H22N4O2S. The molecule has 6 nitrogen and oxygen atoms in total. The van der Waals surface area contributed by atoms with Gasteiger partial charge >= 0.3 is 5.69 Å². The molecule has 108 valence electrons. The van der Waals surface area contributed by atoms with Crippen molar-refractivity contribution in [3.8, 4) is 0 Å². The van der Waals surface area contributed by atoms with Crippen molar-refractivity contribution in [3.63, 3.8) is 0 Å². The standard InChI is InChI=1S/C12H22N4O2S/c1-3-5-7-13-10(17)9-19-12-15-14-11(18)16(12)8-6-4-2/h3-9H2,1-2H3,(H,13,17)(H,14,18). The molecule has 0 radical (unpaired) electrons. The molecule has 0 unspecified atom stereocenters. The maximum absolute atomic E-state index is 11.6. The van der Waals surface area contributed by atoms with Gasteiger partial charge < -0.3 is 5.32 Å². The zero-order chi connectivity index (χ0) is 14.1. The van der Waals surface area contributed by atoms with Gasteiger partial charge in [-0.05, 0) is 12.8 Å². The smallest absolute Gasteiger partial charge is 0.343 e. The lowest BCUT2D eigenvalue weighted by atomic mass is 10.3. The fourth-order valence-corrected chi connectivity index (χ4v) is 2.32. The van der Waals surface area contributed by atoms with Gasteiger partial charge in [-0.25, -0.2) is 9.89 Å². The molecule has 0 saturated carbocycles. The van der Waals surface area contributed by atoms with Crippen molar-refractivity contribution in [3.05, 3.63) is 10.5 Å². The van der Waals surface area contributed by atoms with Gasteiger partial charge in [-0.2, -0.15) is 0 Å². The highest BCUT2D eigenvalue weighted by Gasteiger charge is 2.10. The highest BCUT2D eigenvalue weighted by Crippen LogP contribution is 2.13. The van der Waals surface area contributed by atoms with E-state index in [1.165, 1.54) is 11.8 Å². The lowest BCUT2D eigenvalue weighted by Crippen LogP contribution is -2.26. The molecule has 0 fully saturated rings. The van der Waals surface area contributed by atoms with Gasteiger partial charge in [0.15, 0.2) is 5.16 Å². The molecule has 0 atom stereocenters. The van der Waals surface area contributed by atoms with Gasteiger partial charge in [-0.3, -0.25) is 9.36 Å². The monoisotopic (exact) mass is 286 g/mol. The summed E-state index contributed by atoms with van der Waals surface area (Å²) in [6.07, 6.45) is 3.98. The molecule has 1 heterocycles. The Bertz CT molecular complexity index is 441. The lowest BCUT2D eigenvalue weighted by Gasteiger charge is -2.05. The van der Waals surface area contributed by atoms with Gasteiger partial charge in [-0.15, -0.1) is 5.10 Å². The van der Waals surface area contributed by atoms with Crippen molar-refractivity contribution in [2.75, 3.05) is 12.3 Å². The van der Waals surface area contributed by atoms with Crippen LogP contribution in [0.1, 0.15) is 39.5 Å². The summed E-state index contributed by atoms with van der Waals surface area (Å²) in [5.74, 6) is 0.274. The SMILES string of the molecule is CCCCNC(=O)CSc1n[nH]c(=O)n1CCCC. The Morgan fingerprint density at radius 2 is 2.11 bits per heavy atom. The van der Waals surface area contributed by atoms with Crippen LogP contribution in [0.25, 0.3) is 0 Å². The van der Waals surface area contributed by atoms with Crippen molar-refractivity contribution in [2.24, 2.45) is 0 Å². The summed E-state index contributed by atoms with van der Waals surface area (Å²) < 4.78 is 1.59. The number of unbranched alkanes of at least 4 members (excludes halogenated alkanes) is 2. The van der Waals surface area contributed by atoms with E-state index in [1.807, 2.05) is 0 Å². The highest BCUT2D eigenvalue weighted by atomic mass is 32.2. The first kappa shape index (κ1) is 15.8. The molecular weight excluding hydrogens is 264 g/mol. The Hall–Kier alpha value is -1.24. The number of amides is 1. The largest absolute Gasteiger partial charge is 0.355 e. The molecule has 1 amide bonds. The van der Waals surface area contributed by atoms with Crippen LogP contribution in [0.3, 0.4) is 0 Å². The van der Waals surface area contributed by atoms with Gasteiger partial charge in [0.1, 0.15) is 0 Å². The number of aromatic amines is 1. The lowest BCUT2D eigenvalue weighted by molar-refractivity contribution is -0.118. The number of nitrogens with zero attached hydrogens (tertiary/aromatic N) is 2. The van der Waals surface area contributed by atoms with Crippen LogP contribution in [0.4, 0.5) is 0 Å². The molecule has 0 aliphatic rings. The zero-order valence-corrected chi connectivity index (χ0v) is 12.4. The third-order valence-corrected chi connectivity index (χ3v) is 3.62. The molecule has 0 bridgehead atoms. The molecule has 2 N–H and O–H groups in total. The number of hydrogen-bond acceptors (Lipinski definition) is 4. The molecule has 0 aliphatic carbocycles. The Balaban J connectivity index is 2.44. The van der Waals surface area contributed by atoms with Crippen LogP contribution in [0.15, 0.2) is 9.95 Å². The summed E-state index contributed by atoms with van der Waals surface area (Å²) in [6, 6.07) is 0. The van der Waals surface area contributed by atoms with Gasteiger partial charge in [0.2, 0.25) is 5.91 Å². The van der Waals surface area contributed by atoms with Gasteiger partial charge in [-0.1, -0.05) is 38.5 Å². The van der Waals surface area contributed by atoms with E-state index in [1.54, 1.807) is 4.57 Å². The average molecular weight is 286 g/mol. The molecule has 0 spiro atoms. The van der Waals surface area contributed by atoms with E-state index in [2.05, 4.69) is 29.4 Å². The molecule has 0 saturated heterocycles. The van der Waals surface area contributed by atoms with Crippen LogP contribution in [-0.2, 0) is 11.3 Å². The van der Waals surface area contributed by atoms with E-state index in [0.29, 0.717) is 24.0 Å². The molecule has 1 aromatic rings. The first-order valence-corrected chi connectivity index (χ1v) is 7.72. The first-order valence-electron chi connectivity index (χ1n) is 6.73. The fraction of sp³-hybridized carbons (Fsp3) is 0.750. The predicted octanol–water partition coefficient (Wildman–Crippen LogP) is 1.38. The van der Waals surface area contributed by atoms with Gasteiger partial charge in [0, 0.05) is 13.1 Å². The molecule has 19 heavy (non-hydrogen) atoms. The third-order valence-electron chi connectivity index (χ3n) is 2.64. The number of carbonyl (C=O) groups excluding carboxylic acids is 1. The number of nitrogens with one attached hydrogen (secondary N) is 2. The van der Waals surface area contributed by atoms with Crippen LogP contribution in [0.2, 0.25) is 0 Å². The van der Waals surface area contributed by atoms with Crippen molar-refractivity contribution in [1.82, 2.24) is 20.1 Å².